The molecule has 3 rings (SSSR count). The summed E-state index contributed by atoms with van der Waals surface area (Å²) in [5.74, 6) is -3.21. The number of hydrogen-bond acceptors (Lipinski definition) is 5. The number of likely N-dealkylation sites (tertiary alicyclic amines) is 1. The lowest BCUT2D eigenvalue weighted by atomic mass is 10.0. The molecule has 0 radical (unpaired) electrons. The fourth-order valence-corrected chi connectivity index (χ4v) is 3.22. The first-order valence-electron chi connectivity index (χ1n) is 10.1. The number of alkyl halides is 3. The molecule has 2 aromatic carbocycles. The van der Waals surface area contributed by atoms with Gasteiger partial charge in [-0.25, -0.2) is 4.79 Å². The molecule has 1 saturated heterocycles. The number of nitrogens with one attached hydrogen (secondary N) is 1. The summed E-state index contributed by atoms with van der Waals surface area (Å²) in [5, 5.41) is 12.1. The Bertz CT molecular complexity index is 864. The Balaban J connectivity index is 0.000000451. The van der Waals surface area contributed by atoms with Gasteiger partial charge in [0, 0.05) is 18.5 Å². The highest BCUT2D eigenvalue weighted by molar-refractivity contribution is 5.81. The molecule has 1 N–H and O–H groups in total. The van der Waals surface area contributed by atoms with Crippen LogP contribution in [0.2, 0.25) is 0 Å². The number of carbonyl (C=O) groups is 2. The van der Waals surface area contributed by atoms with Crippen LogP contribution in [0.25, 0.3) is 0 Å². The highest BCUT2D eigenvalue weighted by atomic mass is 19.4. The van der Waals surface area contributed by atoms with E-state index >= 15 is 0 Å². The molecule has 9 heteroatoms. The van der Waals surface area contributed by atoms with E-state index < -0.39 is 18.2 Å². The molecular weight excluding hydrogens is 425 g/mol. The summed E-state index contributed by atoms with van der Waals surface area (Å²) in [6.07, 6.45) is -3.33. The van der Waals surface area contributed by atoms with Gasteiger partial charge in [0.2, 0.25) is 0 Å². The van der Waals surface area contributed by atoms with E-state index in [4.69, 9.17) is 14.6 Å². The van der Waals surface area contributed by atoms with Crippen molar-refractivity contribution in [1.29, 1.82) is 0 Å². The quantitative estimate of drug-likeness (QED) is 0.558. The summed E-state index contributed by atoms with van der Waals surface area (Å²) >= 11 is 0. The second kappa shape index (κ2) is 11.0. The van der Waals surface area contributed by atoms with Crippen LogP contribution in [0.1, 0.15) is 24.4 Å². The van der Waals surface area contributed by atoms with Crippen LogP contribution in [0.5, 0.6) is 0 Å². The third kappa shape index (κ3) is 8.22. The van der Waals surface area contributed by atoms with Gasteiger partial charge in [-0.15, -0.1) is 0 Å². The number of carboxylic acid groups (broad SMARTS) is 1. The van der Waals surface area contributed by atoms with Crippen molar-refractivity contribution in [2.45, 2.75) is 31.2 Å². The molecule has 1 fully saturated rings. The predicted octanol–water partition coefficient (Wildman–Crippen LogP) is 2.92. The normalized spacial score (nSPS) is 16.8. The number of carbonyl (C=O) groups excluding carboxylic acids is 2. The van der Waals surface area contributed by atoms with Crippen LogP contribution in [-0.4, -0.2) is 55.9 Å². The molecule has 0 saturated carbocycles. The van der Waals surface area contributed by atoms with E-state index in [1.165, 1.54) is 0 Å². The lowest BCUT2D eigenvalue weighted by Gasteiger charge is -2.37. The average Bonchev–Trinajstić information content (AvgIpc) is 2.74. The van der Waals surface area contributed by atoms with Crippen molar-refractivity contribution in [1.82, 2.24) is 0 Å². The second-order valence-corrected chi connectivity index (χ2v) is 8.16. The molecule has 1 aliphatic rings. The molecule has 2 aromatic rings. The highest BCUT2D eigenvalue weighted by Crippen LogP contribution is 2.24. The number of esters is 1. The Morgan fingerprint density at radius 3 is 1.94 bits per heavy atom. The largest absolute Gasteiger partial charge is 0.542 e. The molecule has 0 bridgehead atoms. The summed E-state index contributed by atoms with van der Waals surface area (Å²) < 4.78 is 38.4. The zero-order valence-electron chi connectivity index (χ0n) is 18.0. The minimum atomic E-state index is -5.19. The van der Waals surface area contributed by atoms with Crippen LogP contribution in [-0.2, 0) is 14.3 Å². The molecule has 1 heterocycles. The minimum Gasteiger partial charge on any atom is -0.542 e. The molecule has 0 aliphatic carbocycles. The maximum absolute atomic E-state index is 12.9. The number of halogens is 3. The maximum atomic E-state index is 12.9. The van der Waals surface area contributed by atoms with Crippen LogP contribution in [0.4, 0.5) is 18.9 Å². The number of rotatable bonds is 5. The lowest BCUT2D eigenvalue weighted by Crippen LogP contribution is -2.48. The fraction of sp³-hybridized carbons (Fsp3) is 0.391. The number of hydrogen-bond donors (Lipinski definition) is 1. The van der Waals surface area contributed by atoms with Crippen LogP contribution in [0.15, 0.2) is 60.7 Å². The zero-order chi connectivity index (χ0) is 23.8. The third-order valence-corrected chi connectivity index (χ3v) is 5.08. The van der Waals surface area contributed by atoms with E-state index in [-0.39, 0.29) is 12.1 Å². The molecule has 1 atom stereocenters. The van der Waals surface area contributed by atoms with E-state index in [0.717, 1.165) is 41.7 Å². The molecule has 6 nitrogen and oxygen atoms in total. The van der Waals surface area contributed by atoms with Gasteiger partial charge in [-0.3, -0.25) is 0 Å². The SMILES string of the molecule is C[N+]1(C)CCC(OC(=O)C(Nc2ccccc2)c2ccccc2)CC1.O=C([O-])C(F)(F)F. The molecule has 32 heavy (non-hydrogen) atoms. The first-order chi connectivity index (χ1) is 15.0. The van der Waals surface area contributed by atoms with E-state index in [1.54, 1.807) is 0 Å². The van der Waals surface area contributed by atoms with Crippen molar-refractivity contribution in [3.8, 4) is 0 Å². The third-order valence-electron chi connectivity index (χ3n) is 5.08. The van der Waals surface area contributed by atoms with Crippen LogP contribution in [0, 0.1) is 0 Å². The first kappa shape index (κ1) is 25.2. The van der Waals surface area contributed by atoms with Gasteiger partial charge >= 0.3 is 12.1 Å². The Morgan fingerprint density at radius 2 is 1.47 bits per heavy atom. The molecule has 1 unspecified atom stereocenters. The topological polar surface area (TPSA) is 78.5 Å². The number of carboxylic acids is 1. The standard InChI is InChI=1S/C21H27N2O2.C2HF3O2/c1-23(2)15-13-19(14-16-23)25-21(24)20(17-9-5-3-6-10-17)22-18-11-7-4-8-12-18;3-2(4,5)1(6)7/h3-12,19-20,22H,13-16H2,1-2H3;(H,6,7)/q+1;/p-1. The number of para-hydroxylation sites is 1. The molecule has 0 aromatic heterocycles. The minimum absolute atomic E-state index is 0.0161. The smallest absolute Gasteiger partial charge is 0.430 e. The molecule has 1 aliphatic heterocycles. The summed E-state index contributed by atoms with van der Waals surface area (Å²) in [4.78, 5) is 21.7. The Kier molecular flexibility index (Phi) is 8.65. The Labute approximate surface area is 185 Å². The highest BCUT2D eigenvalue weighted by Gasteiger charge is 2.31. The number of piperidine rings is 1. The van der Waals surface area contributed by atoms with Crippen molar-refractivity contribution < 1.29 is 37.1 Å². The van der Waals surface area contributed by atoms with Gasteiger partial charge in [-0.2, -0.15) is 13.2 Å². The van der Waals surface area contributed by atoms with Crippen LogP contribution in [0.3, 0.4) is 0 Å². The summed E-state index contributed by atoms with van der Waals surface area (Å²) in [5.41, 5.74) is 1.83. The second-order valence-electron chi connectivity index (χ2n) is 8.16. The number of aliphatic carboxylic acids is 1. The van der Waals surface area contributed by atoms with Gasteiger partial charge in [-0.1, -0.05) is 48.5 Å². The summed E-state index contributed by atoms with van der Waals surface area (Å²) in [6, 6.07) is 19.1. The first-order valence-corrected chi connectivity index (χ1v) is 10.1. The van der Waals surface area contributed by atoms with E-state index in [9.17, 15) is 18.0 Å². The van der Waals surface area contributed by atoms with Gasteiger partial charge in [-0.05, 0) is 17.7 Å². The Morgan fingerprint density at radius 1 is 1.00 bits per heavy atom. The van der Waals surface area contributed by atoms with E-state index in [1.807, 2.05) is 60.7 Å². The fourth-order valence-electron chi connectivity index (χ4n) is 3.22. The van der Waals surface area contributed by atoms with Crippen molar-refractivity contribution in [3.05, 3.63) is 66.2 Å². The van der Waals surface area contributed by atoms with Crippen LogP contribution >= 0.6 is 0 Å². The van der Waals surface area contributed by atoms with Crippen LogP contribution < -0.4 is 10.4 Å². The van der Waals surface area contributed by atoms with Crippen molar-refractivity contribution >= 4 is 17.6 Å². The molecule has 0 amide bonds. The molecular formula is C23H27F3N2O4. The number of benzene rings is 2. The number of anilines is 1. The van der Waals surface area contributed by atoms with Crippen molar-refractivity contribution in [2.24, 2.45) is 0 Å². The van der Waals surface area contributed by atoms with Crippen molar-refractivity contribution in [3.63, 3.8) is 0 Å². The summed E-state index contributed by atoms with van der Waals surface area (Å²) in [7, 11) is 4.45. The van der Waals surface area contributed by atoms with Gasteiger partial charge in [0.25, 0.3) is 0 Å². The predicted molar refractivity (Wildman–Crippen MR) is 111 cm³/mol. The number of quaternary nitrogens is 1. The molecule has 174 valence electrons. The molecule has 0 spiro atoms. The maximum Gasteiger partial charge on any atom is 0.430 e. The van der Waals surface area contributed by atoms with E-state index in [2.05, 4.69) is 19.4 Å². The Hall–Kier alpha value is -3.07. The average molecular weight is 452 g/mol. The monoisotopic (exact) mass is 452 g/mol. The van der Waals surface area contributed by atoms with Gasteiger partial charge < -0.3 is 24.4 Å². The van der Waals surface area contributed by atoms with Gasteiger partial charge in [0.05, 0.1) is 27.2 Å². The van der Waals surface area contributed by atoms with Gasteiger partial charge in [0.15, 0.2) is 6.04 Å². The lowest BCUT2D eigenvalue weighted by molar-refractivity contribution is -0.896. The number of nitrogens with zero attached hydrogens (tertiary/aromatic N) is 1. The summed E-state index contributed by atoms with van der Waals surface area (Å²) in [6.45, 7) is 2.08. The van der Waals surface area contributed by atoms with E-state index in [0.29, 0.717) is 0 Å². The number of ether oxygens (including phenoxy) is 1. The van der Waals surface area contributed by atoms with Crippen molar-refractivity contribution in [2.75, 3.05) is 32.5 Å². The van der Waals surface area contributed by atoms with Gasteiger partial charge in [0.1, 0.15) is 12.1 Å². The zero-order valence-corrected chi connectivity index (χ0v) is 18.0.